The summed E-state index contributed by atoms with van der Waals surface area (Å²) < 4.78 is 4.54. The fourth-order valence-electron chi connectivity index (χ4n) is 2.43. The molecule has 0 aliphatic rings. The van der Waals surface area contributed by atoms with Crippen molar-refractivity contribution in [3.63, 3.8) is 0 Å². The molecule has 21 heavy (non-hydrogen) atoms. The molecule has 0 heterocycles. The first-order valence-electron chi connectivity index (χ1n) is 8.54. The lowest BCUT2D eigenvalue weighted by Crippen LogP contribution is -2.25. The Labute approximate surface area is 129 Å². The van der Waals surface area contributed by atoms with E-state index < -0.39 is 12.2 Å². The molecule has 4 heteroatoms. The van der Waals surface area contributed by atoms with Crippen molar-refractivity contribution in [3.8, 4) is 0 Å². The minimum absolute atomic E-state index is 0.264. The highest BCUT2D eigenvalue weighted by Crippen LogP contribution is 2.14. The summed E-state index contributed by atoms with van der Waals surface area (Å²) >= 11 is 0. The van der Waals surface area contributed by atoms with Crippen LogP contribution in [0.2, 0.25) is 0 Å². The van der Waals surface area contributed by atoms with Gasteiger partial charge in [0.2, 0.25) is 0 Å². The van der Waals surface area contributed by atoms with E-state index in [9.17, 15) is 15.0 Å². The Kier molecular flexibility index (Phi) is 13.9. The molecule has 0 aromatic heterocycles. The maximum atomic E-state index is 10.9. The van der Waals surface area contributed by atoms with E-state index in [1.807, 2.05) is 0 Å². The second kappa shape index (κ2) is 14.3. The molecule has 0 saturated heterocycles. The average Bonchev–Trinajstić information content (AvgIpc) is 2.49. The monoisotopic (exact) mass is 302 g/mol. The first kappa shape index (κ1) is 20.4. The molecule has 0 fully saturated rings. The van der Waals surface area contributed by atoms with Crippen LogP contribution in [0.15, 0.2) is 0 Å². The maximum absolute atomic E-state index is 10.9. The Balaban J connectivity index is 3.42. The van der Waals surface area contributed by atoms with Crippen molar-refractivity contribution in [2.75, 3.05) is 7.11 Å². The van der Waals surface area contributed by atoms with Crippen molar-refractivity contribution in [1.82, 2.24) is 0 Å². The van der Waals surface area contributed by atoms with E-state index in [-0.39, 0.29) is 5.97 Å². The molecule has 0 aliphatic carbocycles. The van der Waals surface area contributed by atoms with Gasteiger partial charge in [-0.3, -0.25) is 4.79 Å². The molecule has 4 nitrogen and oxygen atoms in total. The third-order valence-electron chi connectivity index (χ3n) is 3.91. The SMILES string of the molecule is CCCCCCCCCC[C@@H](O)[C@@H](O)CCCC(=O)OC. The summed E-state index contributed by atoms with van der Waals surface area (Å²) in [7, 11) is 1.36. The molecule has 2 N–H and O–H groups in total. The third kappa shape index (κ3) is 12.8. The summed E-state index contributed by atoms with van der Waals surface area (Å²) in [6.45, 7) is 2.22. The zero-order valence-corrected chi connectivity index (χ0v) is 13.9. The lowest BCUT2D eigenvalue weighted by molar-refractivity contribution is -0.140. The second-order valence-corrected chi connectivity index (χ2v) is 5.87. The summed E-state index contributed by atoms with van der Waals surface area (Å²) in [4.78, 5) is 10.9. The molecule has 0 radical (unpaired) electrons. The summed E-state index contributed by atoms with van der Waals surface area (Å²) in [6, 6.07) is 0. The van der Waals surface area contributed by atoms with E-state index in [4.69, 9.17) is 0 Å². The van der Waals surface area contributed by atoms with Crippen LogP contribution in [0.3, 0.4) is 0 Å². The molecular weight excluding hydrogens is 268 g/mol. The molecule has 0 aromatic carbocycles. The van der Waals surface area contributed by atoms with Gasteiger partial charge in [0.1, 0.15) is 0 Å². The molecule has 2 atom stereocenters. The fourth-order valence-corrected chi connectivity index (χ4v) is 2.43. The molecule has 0 saturated carbocycles. The summed E-state index contributed by atoms with van der Waals surface area (Å²) in [5, 5.41) is 19.6. The highest BCUT2D eigenvalue weighted by Gasteiger charge is 2.16. The van der Waals surface area contributed by atoms with Crippen molar-refractivity contribution < 1.29 is 19.7 Å². The Hall–Kier alpha value is -0.610. The number of unbranched alkanes of at least 4 members (excludes halogenated alkanes) is 7. The Morgan fingerprint density at radius 2 is 1.33 bits per heavy atom. The van der Waals surface area contributed by atoms with Crippen molar-refractivity contribution in [2.45, 2.75) is 96.2 Å². The van der Waals surface area contributed by atoms with E-state index in [0.29, 0.717) is 25.7 Å². The molecule has 0 aromatic rings. The molecule has 126 valence electrons. The molecule has 0 bridgehead atoms. The molecule has 0 rings (SSSR count). The minimum atomic E-state index is -0.723. The normalized spacial score (nSPS) is 13.9. The number of carbonyl (C=O) groups excluding carboxylic acids is 1. The van der Waals surface area contributed by atoms with Crippen molar-refractivity contribution in [3.05, 3.63) is 0 Å². The number of carbonyl (C=O) groups is 1. The topological polar surface area (TPSA) is 66.8 Å². The van der Waals surface area contributed by atoms with Crippen molar-refractivity contribution in [1.29, 1.82) is 0 Å². The van der Waals surface area contributed by atoms with Crippen LogP contribution < -0.4 is 0 Å². The number of hydrogen-bond donors (Lipinski definition) is 2. The zero-order chi connectivity index (χ0) is 15.9. The number of hydrogen-bond acceptors (Lipinski definition) is 4. The van der Waals surface area contributed by atoms with E-state index in [1.54, 1.807) is 0 Å². The lowest BCUT2D eigenvalue weighted by atomic mass is 10.0. The standard InChI is InChI=1S/C17H34O4/c1-3-4-5-6-7-8-9-10-12-15(18)16(19)13-11-14-17(20)21-2/h15-16,18-19H,3-14H2,1-2H3/t15-,16+/m1/s1. The maximum Gasteiger partial charge on any atom is 0.305 e. The van der Waals surface area contributed by atoms with Crippen molar-refractivity contribution in [2.24, 2.45) is 0 Å². The van der Waals surface area contributed by atoms with Crippen LogP contribution >= 0.6 is 0 Å². The highest BCUT2D eigenvalue weighted by molar-refractivity contribution is 5.68. The van der Waals surface area contributed by atoms with Gasteiger partial charge in [-0.05, 0) is 19.3 Å². The summed E-state index contributed by atoms with van der Waals surface area (Å²) in [6.07, 6.45) is 10.4. The largest absolute Gasteiger partial charge is 0.469 e. The lowest BCUT2D eigenvalue weighted by Gasteiger charge is -2.17. The number of aliphatic hydroxyl groups excluding tert-OH is 2. The number of aliphatic hydroxyl groups is 2. The third-order valence-corrected chi connectivity index (χ3v) is 3.91. The first-order valence-corrected chi connectivity index (χ1v) is 8.54. The number of methoxy groups -OCH3 is 1. The zero-order valence-electron chi connectivity index (χ0n) is 13.9. The van der Waals surface area contributed by atoms with Gasteiger partial charge >= 0.3 is 5.97 Å². The van der Waals surface area contributed by atoms with Gasteiger partial charge in [0.25, 0.3) is 0 Å². The van der Waals surface area contributed by atoms with E-state index in [2.05, 4.69) is 11.7 Å². The predicted octanol–water partition coefficient (Wildman–Crippen LogP) is 3.58. The molecule has 0 aliphatic heterocycles. The van der Waals surface area contributed by atoms with Crippen LogP contribution in [0.5, 0.6) is 0 Å². The van der Waals surface area contributed by atoms with Gasteiger partial charge in [-0.2, -0.15) is 0 Å². The number of esters is 1. The quantitative estimate of drug-likeness (QED) is 0.380. The fraction of sp³-hybridized carbons (Fsp3) is 0.941. The van der Waals surface area contributed by atoms with E-state index >= 15 is 0 Å². The second-order valence-electron chi connectivity index (χ2n) is 5.87. The van der Waals surface area contributed by atoms with Gasteiger partial charge in [0.15, 0.2) is 0 Å². The Bertz CT molecular complexity index is 243. The van der Waals surface area contributed by atoms with Crippen LogP contribution in [-0.2, 0) is 9.53 Å². The van der Waals surface area contributed by atoms with Crippen LogP contribution in [0.1, 0.15) is 84.0 Å². The molecule has 0 amide bonds. The Morgan fingerprint density at radius 1 is 0.857 bits per heavy atom. The minimum Gasteiger partial charge on any atom is -0.469 e. The van der Waals surface area contributed by atoms with Gasteiger partial charge < -0.3 is 14.9 Å². The van der Waals surface area contributed by atoms with Crippen LogP contribution in [0.25, 0.3) is 0 Å². The average molecular weight is 302 g/mol. The smallest absolute Gasteiger partial charge is 0.305 e. The Morgan fingerprint density at radius 3 is 1.86 bits per heavy atom. The van der Waals surface area contributed by atoms with Gasteiger partial charge in [0.05, 0.1) is 19.3 Å². The molecular formula is C17H34O4. The molecule has 0 spiro atoms. The first-order chi connectivity index (χ1) is 10.1. The van der Waals surface area contributed by atoms with Gasteiger partial charge in [-0.15, -0.1) is 0 Å². The summed E-state index contributed by atoms with van der Waals surface area (Å²) in [5.41, 5.74) is 0. The number of rotatable bonds is 14. The van der Waals surface area contributed by atoms with Gasteiger partial charge in [-0.1, -0.05) is 58.3 Å². The molecule has 0 unspecified atom stereocenters. The van der Waals surface area contributed by atoms with Crippen LogP contribution in [0, 0.1) is 0 Å². The van der Waals surface area contributed by atoms with E-state index in [0.717, 1.165) is 12.8 Å². The van der Waals surface area contributed by atoms with E-state index in [1.165, 1.54) is 45.6 Å². The van der Waals surface area contributed by atoms with Crippen LogP contribution in [-0.4, -0.2) is 35.5 Å². The van der Waals surface area contributed by atoms with Gasteiger partial charge in [-0.25, -0.2) is 0 Å². The highest BCUT2D eigenvalue weighted by atomic mass is 16.5. The predicted molar refractivity (Wildman–Crippen MR) is 85.1 cm³/mol. The summed E-state index contributed by atoms with van der Waals surface area (Å²) in [5.74, 6) is -0.264. The van der Waals surface area contributed by atoms with Gasteiger partial charge in [0, 0.05) is 6.42 Å². The van der Waals surface area contributed by atoms with Crippen molar-refractivity contribution >= 4 is 5.97 Å². The number of ether oxygens (including phenoxy) is 1. The van der Waals surface area contributed by atoms with Crippen LogP contribution in [0.4, 0.5) is 0 Å².